The molecule has 0 amide bonds. The number of rotatable bonds is 4. The number of aromatic hydroxyl groups is 2. The first-order chi connectivity index (χ1) is 11.7. The fraction of sp³-hybridized carbons (Fsp3) is 0. The highest BCUT2D eigenvalue weighted by Gasteiger charge is 2.05. The van der Waals surface area contributed by atoms with Crippen LogP contribution in [0.15, 0.2) is 87.2 Å². The second-order valence-electron chi connectivity index (χ2n) is 4.78. The van der Waals surface area contributed by atoms with Crippen molar-refractivity contribution in [1.29, 1.82) is 0 Å². The molecule has 0 heterocycles. The Bertz CT molecular complexity index is 893. The smallest absolute Gasteiger partial charge is 0.185 e. The van der Waals surface area contributed by atoms with Crippen molar-refractivity contribution in [3.05, 3.63) is 72.8 Å². The quantitative estimate of drug-likeness (QED) is 0.475. The first-order valence-electron chi connectivity index (χ1n) is 7.14. The average molecular weight is 317 g/mol. The van der Waals surface area contributed by atoms with E-state index in [2.05, 4.69) is 26.5 Å². The van der Waals surface area contributed by atoms with Gasteiger partial charge in [-0.1, -0.05) is 36.4 Å². The van der Waals surface area contributed by atoms with Crippen molar-refractivity contribution in [3.63, 3.8) is 0 Å². The lowest BCUT2D eigenvalue weighted by molar-refractivity contribution is 0.404. The third-order valence-corrected chi connectivity index (χ3v) is 3.10. The van der Waals surface area contributed by atoms with Gasteiger partial charge in [0.15, 0.2) is 11.5 Å². The van der Waals surface area contributed by atoms with Gasteiger partial charge in [0.1, 0.15) is 17.1 Å². The number of para-hydroxylation sites is 1. The molecule has 0 spiro atoms. The summed E-state index contributed by atoms with van der Waals surface area (Å²) in [6.07, 6.45) is 0. The average Bonchev–Trinajstić information content (AvgIpc) is 2.63. The Hall–Kier alpha value is -3.54. The van der Waals surface area contributed by atoms with Crippen molar-refractivity contribution < 1.29 is 10.2 Å². The number of hydrogen-bond acceptors (Lipinski definition) is 6. The van der Waals surface area contributed by atoms with Gasteiger partial charge in [-0.2, -0.15) is 0 Å². The molecular weight excluding hydrogens is 304 g/mol. The predicted octanol–water partition coefficient (Wildman–Crippen LogP) is 5.73. The molecule has 0 bridgehead atoms. The minimum Gasteiger partial charge on any atom is -0.504 e. The van der Waals surface area contributed by atoms with Gasteiger partial charge >= 0.3 is 0 Å². The van der Waals surface area contributed by atoms with Gasteiger partial charge in [-0.05, 0) is 30.3 Å². The molecule has 0 aliphatic carbocycles. The number of nitrogens with zero attached hydrogens (tertiary/aromatic N) is 4. The van der Waals surface area contributed by atoms with E-state index < -0.39 is 0 Å². The van der Waals surface area contributed by atoms with Crippen molar-refractivity contribution in [3.8, 4) is 11.5 Å². The van der Waals surface area contributed by atoms with Gasteiger partial charge in [0.05, 0.1) is 5.69 Å². The Labute approximate surface area is 138 Å². The van der Waals surface area contributed by atoms with E-state index in [0.29, 0.717) is 17.1 Å². The molecular formula is C18H13N4O2. The molecule has 1 radical (unpaired) electrons. The molecule has 3 aromatic rings. The minimum absolute atomic E-state index is 0.165. The van der Waals surface area contributed by atoms with Crippen LogP contribution in [0.5, 0.6) is 11.5 Å². The molecule has 24 heavy (non-hydrogen) atoms. The van der Waals surface area contributed by atoms with Crippen LogP contribution in [0.4, 0.5) is 22.7 Å². The van der Waals surface area contributed by atoms with E-state index in [1.54, 1.807) is 42.5 Å². The molecule has 6 nitrogen and oxygen atoms in total. The molecule has 3 rings (SSSR count). The van der Waals surface area contributed by atoms with Crippen LogP contribution in [-0.2, 0) is 0 Å². The number of phenolic OH excluding ortho intramolecular Hbond substituents is 2. The standard InChI is InChI=1S/C18H13N4O2/c23-17-12-6-11-16(18(17)24)22-21-15-10-5-4-9-14(15)20-19-13-7-2-1-3-8-13/h1-7,9-12,23-24H/b20-19+,22-21+. The first kappa shape index (κ1) is 15.4. The van der Waals surface area contributed by atoms with Gasteiger partial charge in [0, 0.05) is 6.07 Å². The Morgan fingerprint density at radius 2 is 1.25 bits per heavy atom. The van der Waals surface area contributed by atoms with Crippen LogP contribution in [0, 0.1) is 6.07 Å². The summed E-state index contributed by atoms with van der Waals surface area (Å²) in [7, 11) is 0. The van der Waals surface area contributed by atoms with E-state index in [9.17, 15) is 10.2 Å². The fourth-order valence-corrected chi connectivity index (χ4v) is 1.90. The minimum atomic E-state index is -0.320. The molecule has 6 heteroatoms. The third kappa shape index (κ3) is 3.61. The second kappa shape index (κ2) is 7.15. The zero-order chi connectivity index (χ0) is 16.8. The lowest BCUT2D eigenvalue weighted by atomic mass is 10.3. The van der Waals surface area contributed by atoms with Crippen molar-refractivity contribution >= 4 is 22.7 Å². The zero-order valence-corrected chi connectivity index (χ0v) is 12.5. The van der Waals surface area contributed by atoms with Crippen LogP contribution in [0.3, 0.4) is 0 Å². The van der Waals surface area contributed by atoms with E-state index in [1.807, 2.05) is 18.2 Å². The Balaban J connectivity index is 1.88. The van der Waals surface area contributed by atoms with Crippen LogP contribution in [0.2, 0.25) is 0 Å². The maximum absolute atomic E-state index is 9.75. The topological polar surface area (TPSA) is 89.9 Å². The maximum atomic E-state index is 9.75. The molecule has 117 valence electrons. The molecule has 3 aromatic carbocycles. The lowest BCUT2D eigenvalue weighted by Crippen LogP contribution is -1.71. The molecule has 0 fully saturated rings. The second-order valence-corrected chi connectivity index (χ2v) is 4.78. The summed E-state index contributed by atoms with van der Waals surface area (Å²) >= 11 is 0. The molecule has 0 saturated carbocycles. The molecule has 0 saturated heterocycles. The van der Waals surface area contributed by atoms with E-state index in [0.717, 1.165) is 0 Å². The van der Waals surface area contributed by atoms with Crippen molar-refractivity contribution in [2.24, 2.45) is 20.5 Å². The number of hydrogen-bond donors (Lipinski definition) is 2. The summed E-state index contributed by atoms with van der Waals surface area (Å²) in [6.45, 7) is 0. The van der Waals surface area contributed by atoms with Crippen molar-refractivity contribution in [2.45, 2.75) is 0 Å². The fourth-order valence-electron chi connectivity index (χ4n) is 1.90. The highest BCUT2D eigenvalue weighted by Crippen LogP contribution is 2.37. The number of azo groups is 2. The van der Waals surface area contributed by atoms with Gasteiger partial charge in [-0.3, -0.25) is 0 Å². The molecule has 2 N–H and O–H groups in total. The van der Waals surface area contributed by atoms with Crippen LogP contribution in [0.25, 0.3) is 0 Å². The van der Waals surface area contributed by atoms with Crippen molar-refractivity contribution in [1.82, 2.24) is 0 Å². The normalized spacial score (nSPS) is 11.3. The van der Waals surface area contributed by atoms with E-state index in [1.165, 1.54) is 6.07 Å². The van der Waals surface area contributed by atoms with E-state index in [-0.39, 0.29) is 17.2 Å². The van der Waals surface area contributed by atoms with Crippen LogP contribution in [0.1, 0.15) is 0 Å². The molecule has 0 aromatic heterocycles. The SMILES string of the molecule is Oc1cccc(/N=N/c2ccccc2/N=N/c2[c]cccc2)c1O. The van der Waals surface area contributed by atoms with Gasteiger partial charge < -0.3 is 10.2 Å². The van der Waals surface area contributed by atoms with Gasteiger partial charge in [-0.15, -0.1) is 20.5 Å². The monoisotopic (exact) mass is 317 g/mol. The summed E-state index contributed by atoms with van der Waals surface area (Å²) in [6, 6.07) is 21.8. The first-order valence-corrected chi connectivity index (χ1v) is 7.14. The number of phenols is 2. The van der Waals surface area contributed by atoms with E-state index in [4.69, 9.17) is 0 Å². The van der Waals surface area contributed by atoms with Crippen LogP contribution >= 0.6 is 0 Å². The van der Waals surface area contributed by atoms with Crippen LogP contribution < -0.4 is 0 Å². The zero-order valence-electron chi connectivity index (χ0n) is 12.5. The van der Waals surface area contributed by atoms with Crippen LogP contribution in [-0.4, -0.2) is 10.2 Å². The van der Waals surface area contributed by atoms with Gasteiger partial charge in [0.2, 0.25) is 0 Å². The highest BCUT2D eigenvalue weighted by molar-refractivity contribution is 5.62. The number of benzene rings is 3. The molecule has 0 unspecified atom stereocenters. The Kier molecular flexibility index (Phi) is 4.57. The predicted molar refractivity (Wildman–Crippen MR) is 89.8 cm³/mol. The molecule has 0 atom stereocenters. The summed E-state index contributed by atoms with van der Waals surface area (Å²) < 4.78 is 0. The van der Waals surface area contributed by atoms with Crippen molar-refractivity contribution in [2.75, 3.05) is 0 Å². The molecule has 0 aliphatic heterocycles. The van der Waals surface area contributed by atoms with Gasteiger partial charge in [-0.25, -0.2) is 0 Å². The third-order valence-electron chi connectivity index (χ3n) is 3.10. The molecule has 0 aliphatic rings. The lowest BCUT2D eigenvalue weighted by Gasteiger charge is -2.00. The Morgan fingerprint density at radius 1 is 0.625 bits per heavy atom. The summed E-state index contributed by atoms with van der Waals surface area (Å²) in [5, 5.41) is 35.5. The van der Waals surface area contributed by atoms with Gasteiger partial charge in [0.25, 0.3) is 0 Å². The largest absolute Gasteiger partial charge is 0.504 e. The maximum Gasteiger partial charge on any atom is 0.185 e. The summed E-state index contributed by atoms with van der Waals surface area (Å²) in [5.74, 6) is -0.571. The summed E-state index contributed by atoms with van der Waals surface area (Å²) in [4.78, 5) is 0. The highest BCUT2D eigenvalue weighted by atomic mass is 16.3. The van der Waals surface area contributed by atoms with E-state index >= 15 is 0 Å². The summed E-state index contributed by atoms with van der Waals surface area (Å²) in [5.41, 5.74) is 1.78. The Morgan fingerprint density at radius 3 is 1.96 bits per heavy atom.